The average molecular weight is 622 g/mol. The minimum atomic E-state index is -5.21. The average Bonchev–Trinajstić information content (AvgIpc) is 3.63. The molecule has 0 spiro atoms. The molecule has 9 nitrogen and oxygen atoms in total. The van der Waals surface area contributed by atoms with Crippen molar-refractivity contribution in [2.75, 3.05) is 20.0 Å². The van der Waals surface area contributed by atoms with Crippen molar-refractivity contribution in [3.05, 3.63) is 71.3 Å². The number of Topliss-reactive ketones (excluding diaryl/α,β-unsaturated/α-hetero) is 1. The largest absolute Gasteiger partial charge is 0.573 e. The van der Waals surface area contributed by atoms with Gasteiger partial charge in [-0.15, -0.1) is 13.2 Å². The molecule has 2 aliphatic rings. The summed E-state index contributed by atoms with van der Waals surface area (Å²) in [4.78, 5) is 12.7. The van der Waals surface area contributed by atoms with E-state index in [1.807, 2.05) is 16.9 Å². The zero-order chi connectivity index (χ0) is 31.2. The lowest BCUT2D eigenvalue weighted by Crippen LogP contribution is -2.51. The van der Waals surface area contributed by atoms with Crippen LogP contribution < -0.4 is 18.9 Å². The fourth-order valence-corrected chi connectivity index (χ4v) is 6.59. The van der Waals surface area contributed by atoms with Crippen LogP contribution in [0.4, 0.5) is 13.2 Å². The number of halogens is 3. The Balaban J connectivity index is 1.45. The fraction of sp³-hybridized carbons (Fsp3) is 0.367. The maximum absolute atomic E-state index is 13.5. The molecular formula is C30H30F3NO8S. The third kappa shape index (κ3) is 6.35. The molecule has 5 rings (SSSR count). The standard InChI is InChI=1S/C30H30F3NO8S/c1-18-3-4-19(12-27(37)29(9-10-29)21-6-7-23-24(14-21)41-17-40-23)11-22(18)20-5-8-26(25(13-20)42-30(31,32)33)43(38,39)34-28(2,15-35)16-36/h3-8,11,13-14,34-36H,9-10,12,15-17H2,1-2H3. The van der Waals surface area contributed by atoms with Crippen molar-refractivity contribution in [2.24, 2.45) is 0 Å². The maximum Gasteiger partial charge on any atom is 0.573 e. The predicted molar refractivity (Wildman–Crippen MR) is 148 cm³/mol. The number of ketones is 1. The van der Waals surface area contributed by atoms with E-state index in [2.05, 4.69) is 4.74 Å². The SMILES string of the molecule is Cc1ccc(CC(=O)C2(c3ccc4c(c3)OCO4)CC2)cc1-c1ccc(S(=O)(=O)NC(C)(CO)CO)c(OC(F)(F)F)c1. The van der Waals surface area contributed by atoms with Gasteiger partial charge in [-0.3, -0.25) is 4.79 Å². The molecule has 230 valence electrons. The summed E-state index contributed by atoms with van der Waals surface area (Å²) in [5.74, 6) is 0.209. The number of sulfonamides is 1. The topological polar surface area (TPSA) is 131 Å². The summed E-state index contributed by atoms with van der Waals surface area (Å²) in [6.45, 7) is 1.43. The van der Waals surface area contributed by atoms with E-state index < -0.39 is 51.2 Å². The van der Waals surface area contributed by atoms with E-state index in [0.29, 0.717) is 41.0 Å². The quantitative estimate of drug-likeness (QED) is 0.291. The Bertz CT molecular complexity index is 1660. The zero-order valence-electron chi connectivity index (χ0n) is 23.3. The second-order valence-electron chi connectivity index (χ2n) is 11.1. The van der Waals surface area contributed by atoms with E-state index in [1.165, 1.54) is 13.0 Å². The van der Waals surface area contributed by atoms with Gasteiger partial charge in [0.15, 0.2) is 11.5 Å². The molecule has 0 amide bonds. The first-order valence-corrected chi connectivity index (χ1v) is 14.9. The number of hydrogen-bond donors (Lipinski definition) is 3. The van der Waals surface area contributed by atoms with Crippen LogP contribution in [0.5, 0.6) is 17.2 Å². The molecule has 1 fully saturated rings. The second kappa shape index (κ2) is 11.1. The van der Waals surface area contributed by atoms with Gasteiger partial charge >= 0.3 is 6.36 Å². The van der Waals surface area contributed by atoms with Crippen LogP contribution in [0.25, 0.3) is 11.1 Å². The zero-order valence-corrected chi connectivity index (χ0v) is 24.1. The van der Waals surface area contributed by atoms with Gasteiger partial charge in [0.05, 0.1) is 24.2 Å². The summed E-state index contributed by atoms with van der Waals surface area (Å²) in [5.41, 5.74) is 0.479. The first-order chi connectivity index (χ1) is 20.2. The van der Waals surface area contributed by atoms with Gasteiger partial charge < -0.3 is 24.4 Å². The van der Waals surface area contributed by atoms with Crippen molar-refractivity contribution in [1.29, 1.82) is 0 Å². The highest BCUT2D eigenvalue weighted by Gasteiger charge is 2.50. The van der Waals surface area contributed by atoms with E-state index in [0.717, 1.165) is 17.7 Å². The third-order valence-electron chi connectivity index (χ3n) is 7.72. The normalized spacial score (nSPS) is 15.8. The van der Waals surface area contributed by atoms with Gasteiger partial charge in [-0.25, -0.2) is 13.1 Å². The summed E-state index contributed by atoms with van der Waals surface area (Å²) in [6.07, 6.45) is -3.78. The lowest BCUT2D eigenvalue weighted by molar-refractivity contribution is -0.275. The van der Waals surface area contributed by atoms with Crippen molar-refractivity contribution >= 4 is 15.8 Å². The monoisotopic (exact) mass is 621 g/mol. The Labute approximate surface area is 246 Å². The van der Waals surface area contributed by atoms with Gasteiger partial charge in [-0.2, -0.15) is 0 Å². The highest BCUT2D eigenvalue weighted by Crippen LogP contribution is 2.51. The predicted octanol–water partition coefficient (Wildman–Crippen LogP) is 4.15. The van der Waals surface area contributed by atoms with E-state index >= 15 is 0 Å². The van der Waals surface area contributed by atoms with Crippen LogP contribution >= 0.6 is 0 Å². The first-order valence-electron chi connectivity index (χ1n) is 13.4. The molecule has 1 aliphatic heterocycles. The number of fused-ring (bicyclic) bond motifs is 1. The summed E-state index contributed by atoms with van der Waals surface area (Å²) < 4.78 is 83.1. The van der Waals surface area contributed by atoms with Crippen molar-refractivity contribution < 1.29 is 50.8 Å². The van der Waals surface area contributed by atoms with Gasteiger partial charge in [0, 0.05) is 6.42 Å². The molecule has 0 bridgehead atoms. The Morgan fingerprint density at radius 3 is 2.35 bits per heavy atom. The second-order valence-corrected chi connectivity index (χ2v) is 12.7. The van der Waals surface area contributed by atoms with E-state index in [1.54, 1.807) is 31.2 Å². The lowest BCUT2D eigenvalue weighted by Gasteiger charge is -2.26. The van der Waals surface area contributed by atoms with Gasteiger partial charge in [0.25, 0.3) is 0 Å². The molecule has 0 aromatic heterocycles. The molecule has 0 unspecified atom stereocenters. The number of rotatable bonds is 11. The van der Waals surface area contributed by atoms with E-state index in [9.17, 15) is 36.6 Å². The Morgan fingerprint density at radius 1 is 1.00 bits per heavy atom. The van der Waals surface area contributed by atoms with Crippen LogP contribution in [0.2, 0.25) is 0 Å². The number of alkyl halides is 3. The van der Waals surface area contributed by atoms with Crippen molar-refractivity contribution in [3.8, 4) is 28.4 Å². The van der Waals surface area contributed by atoms with Gasteiger partial charge in [0.1, 0.15) is 16.4 Å². The molecule has 1 heterocycles. The molecule has 3 N–H and O–H groups in total. The van der Waals surface area contributed by atoms with Crippen LogP contribution in [0, 0.1) is 6.92 Å². The number of ether oxygens (including phenoxy) is 3. The Morgan fingerprint density at radius 2 is 1.70 bits per heavy atom. The number of carbonyl (C=O) groups is 1. The molecule has 1 saturated carbocycles. The highest BCUT2D eigenvalue weighted by atomic mass is 32.2. The lowest BCUT2D eigenvalue weighted by atomic mass is 9.87. The van der Waals surface area contributed by atoms with Gasteiger partial charge in [0.2, 0.25) is 16.8 Å². The number of nitrogens with one attached hydrogen (secondary N) is 1. The molecule has 43 heavy (non-hydrogen) atoms. The number of aliphatic hydroxyl groups is 2. The maximum atomic E-state index is 13.5. The number of hydrogen-bond acceptors (Lipinski definition) is 8. The fourth-order valence-electron chi connectivity index (χ4n) is 5.09. The molecule has 0 saturated heterocycles. The van der Waals surface area contributed by atoms with Crippen LogP contribution in [0.1, 0.15) is 36.5 Å². The molecular weight excluding hydrogens is 591 g/mol. The van der Waals surface area contributed by atoms with Gasteiger partial charge in [-0.05, 0) is 78.8 Å². The van der Waals surface area contributed by atoms with E-state index in [-0.39, 0.29) is 24.6 Å². The van der Waals surface area contributed by atoms with Crippen LogP contribution in [-0.2, 0) is 26.7 Å². The minimum Gasteiger partial charge on any atom is -0.454 e. The van der Waals surface area contributed by atoms with E-state index in [4.69, 9.17) is 9.47 Å². The molecule has 3 aromatic carbocycles. The molecule has 1 aliphatic carbocycles. The summed E-state index contributed by atoms with van der Waals surface area (Å²) in [6, 6.07) is 13.9. The van der Waals surface area contributed by atoms with Crippen LogP contribution in [-0.4, -0.2) is 56.3 Å². The summed E-state index contributed by atoms with van der Waals surface area (Å²) >= 11 is 0. The van der Waals surface area contributed by atoms with Crippen LogP contribution in [0.3, 0.4) is 0 Å². The highest BCUT2D eigenvalue weighted by molar-refractivity contribution is 7.89. The van der Waals surface area contributed by atoms with Crippen molar-refractivity contribution in [1.82, 2.24) is 4.72 Å². The molecule has 13 heteroatoms. The van der Waals surface area contributed by atoms with Gasteiger partial charge in [-0.1, -0.05) is 30.3 Å². The molecule has 0 radical (unpaired) electrons. The summed E-state index contributed by atoms with van der Waals surface area (Å²) in [5, 5.41) is 19.0. The Hall–Kier alpha value is -3.65. The smallest absolute Gasteiger partial charge is 0.454 e. The minimum absolute atomic E-state index is 0.00871. The number of carbonyl (C=O) groups excluding carboxylic acids is 1. The van der Waals surface area contributed by atoms with Crippen molar-refractivity contribution in [3.63, 3.8) is 0 Å². The Kier molecular flexibility index (Phi) is 7.97. The van der Waals surface area contributed by atoms with Crippen LogP contribution in [0.15, 0.2) is 59.5 Å². The molecule has 0 atom stereocenters. The molecule has 3 aromatic rings. The number of aliphatic hydroxyl groups excluding tert-OH is 2. The number of benzene rings is 3. The van der Waals surface area contributed by atoms with Crippen molar-refractivity contribution in [2.45, 2.75) is 55.3 Å². The number of aryl methyl sites for hydroxylation is 1. The first kappa shape index (κ1) is 30.8. The summed E-state index contributed by atoms with van der Waals surface area (Å²) in [7, 11) is -4.67. The third-order valence-corrected chi connectivity index (χ3v) is 9.40.